The molecule has 0 unspecified atom stereocenters. The number of rotatable bonds is 7. The Morgan fingerprint density at radius 2 is 1.96 bits per heavy atom. The van der Waals surface area contributed by atoms with Crippen molar-refractivity contribution in [2.24, 2.45) is 0 Å². The molecule has 0 radical (unpaired) electrons. The Labute approximate surface area is 151 Å². The van der Waals surface area contributed by atoms with E-state index < -0.39 is 0 Å². The van der Waals surface area contributed by atoms with Crippen molar-refractivity contribution in [1.82, 2.24) is 9.55 Å². The van der Waals surface area contributed by atoms with Crippen LogP contribution >= 0.6 is 11.8 Å². The van der Waals surface area contributed by atoms with Crippen LogP contribution in [0.15, 0.2) is 47.6 Å². The van der Waals surface area contributed by atoms with Gasteiger partial charge in [0.25, 0.3) is 0 Å². The molecule has 0 bridgehead atoms. The fraction of sp³-hybridized carbons (Fsp3) is 0.263. The van der Waals surface area contributed by atoms with Crippen molar-refractivity contribution in [3.63, 3.8) is 0 Å². The number of fused-ring (bicyclic) bond motifs is 1. The molecular formula is C19H20N2O3S. The molecule has 2 aromatic carbocycles. The number of para-hydroxylation sites is 2. The van der Waals surface area contributed by atoms with Gasteiger partial charge in [-0.25, -0.2) is 4.98 Å². The normalized spacial score (nSPS) is 10.8. The molecule has 1 aromatic heterocycles. The zero-order valence-electron chi connectivity index (χ0n) is 14.5. The lowest BCUT2D eigenvalue weighted by Crippen LogP contribution is -2.06. The van der Waals surface area contributed by atoms with E-state index in [0.717, 1.165) is 22.7 Å². The molecule has 0 amide bonds. The molecule has 0 aliphatic carbocycles. The summed E-state index contributed by atoms with van der Waals surface area (Å²) in [5, 5.41) is 0.851. The van der Waals surface area contributed by atoms with E-state index in [4.69, 9.17) is 9.47 Å². The number of ether oxygens (including phenoxy) is 2. The Bertz CT molecular complexity index is 905. The van der Waals surface area contributed by atoms with Crippen molar-refractivity contribution in [1.29, 1.82) is 0 Å². The van der Waals surface area contributed by atoms with Gasteiger partial charge in [-0.1, -0.05) is 23.9 Å². The van der Waals surface area contributed by atoms with Crippen LogP contribution in [0.4, 0.5) is 0 Å². The van der Waals surface area contributed by atoms with Crippen LogP contribution in [0, 0.1) is 0 Å². The monoisotopic (exact) mass is 356 g/mol. The number of benzene rings is 2. The second-order valence-electron chi connectivity index (χ2n) is 5.41. The summed E-state index contributed by atoms with van der Waals surface area (Å²) in [4.78, 5) is 17.3. The summed E-state index contributed by atoms with van der Waals surface area (Å²) in [7, 11) is 3.14. The number of imidazole rings is 1. The van der Waals surface area contributed by atoms with E-state index in [9.17, 15) is 4.79 Å². The predicted octanol–water partition coefficient (Wildman–Crippen LogP) is 4.05. The van der Waals surface area contributed by atoms with Crippen molar-refractivity contribution in [3.8, 4) is 11.5 Å². The molecule has 0 atom stereocenters. The molecule has 0 aliphatic heterocycles. The van der Waals surface area contributed by atoms with Crippen LogP contribution in [0.5, 0.6) is 11.5 Å². The number of aromatic nitrogens is 2. The van der Waals surface area contributed by atoms with Gasteiger partial charge in [0.05, 0.1) is 36.6 Å². The van der Waals surface area contributed by atoms with Crippen molar-refractivity contribution in [3.05, 3.63) is 48.0 Å². The number of thioether (sulfide) groups is 1. The Hall–Kier alpha value is -2.47. The lowest BCUT2D eigenvalue weighted by Gasteiger charge is -2.10. The van der Waals surface area contributed by atoms with Gasteiger partial charge in [-0.05, 0) is 31.2 Å². The van der Waals surface area contributed by atoms with Gasteiger partial charge >= 0.3 is 0 Å². The third-order valence-electron chi connectivity index (χ3n) is 3.98. The minimum atomic E-state index is -0.000729. The van der Waals surface area contributed by atoms with E-state index >= 15 is 0 Å². The molecule has 0 N–H and O–H groups in total. The quantitative estimate of drug-likeness (QED) is 0.472. The maximum absolute atomic E-state index is 12.6. The molecule has 0 fully saturated rings. The van der Waals surface area contributed by atoms with Gasteiger partial charge in [0, 0.05) is 12.6 Å². The van der Waals surface area contributed by atoms with Crippen LogP contribution in [0.25, 0.3) is 11.0 Å². The highest BCUT2D eigenvalue weighted by Crippen LogP contribution is 2.28. The van der Waals surface area contributed by atoms with Crippen LogP contribution in [0.1, 0.15) is 17.3 Å². The molecule has 6 heteroatoms. The molecule has 3 aromatic rings. The number of carbonyl (C=O) groups is 1. The zero-order valence-corrected chi connectivity index (χ0v) is 15.3. The maximum atomic E-state index is 12.6. The van der Waals surface area contributed by atoms with Crippen LogP contribution in [0.2, 0.25) is 0 Å². The highest BCUT2D eigenvalue weighted by molar-refractivity contribution is 7.99. The molecule has 0 saturated heterocycles. The number of aryl methyl sites for hydroxylation is 1. The Balaban J connectivity index is 1.81. The van der Waals surface area contributed by atoms with E-state index in [0.29, 0.717) is 22.8 Å². The summed E-state index contributed by atoms with van der Waals surface area (Å²) in [5.41, 5.74) is 2.58. The van der Waals surface area contributed by atoms with Gasteiger partial charge in [-0.15, -0.1) is 0 Å². The fourth-order valence-electron chi connectivity index (χ4n) is 2.71. The highest BCUT2D eigenvalue weighted by Gasteiger charge is 2.16. The summed E-state index contributed by atoms with van der Waals surface area (Å²) >= 11 is 1.44. The third-order valence-corrected chi connectivity index (χ3v) is 4.95. The lowest BCUT2D eigenvalue weighted by atomic mass is 10.1. The fourth-order valence-corrected chi connectivity index (χ4v) is 3.67. The average Bonchev–Trinajstić information content (AvgIpc) is 3.02. The van der Waals surface area contributed by atoms with Crippen LogP contribution in [-0.2, 0) is 6.54 Å². The largest absolute Gasteiger partial charge is 0.497 e. The summed E-state index contributed by atoms with van der Waals surface area (Å²) in [6.45, 7) is 2.88. The van der Waals surface area contributed by atoms with E-state index in [2.05, 4.69) is 16.5 Å². The predicted molar refractivity (Wildman–Crippen MR) is 100 cm³/mol. The number of hydrogen-bond donors (Lipinski definition) is 0. The first kappa shape index (κ1) is 17.4. The first-order chi connectivity index (χ1) is 12.2. The summed E-state index contributed by atoms with van der Waals surface area (Å²) in [6, 6.07) is 13.2. The molecule has 3 rings (SSSR count). The number of ketones is 1. The Kier molecular flexibility index (Phi) is 5.28. The molecule has 1 heterocycles. The second kappa shape index (κ2) is 7.61. The molecule has 25 heavy (non-hydrogen) atoms. The molecule has 5 nitrogen and oxygen atoms in total. The number of nitrogens with zero attached hydrogens (tertiary/aromatic N) is 2. The van der Waals surface area contributed by atoms with E-state index in [1.54, 1.807) is 32.4 Å². The second-order valence-corrected chi connectivity index (χ2v) is 6.35. The maximum Gasteiger partial charge on any atom is 0.176 e. The zero-order chi connectivity index (χ0) is 17.8. The SMILES string of the molecule is CCn1c(SCC(=O)c2ccc(OC)cc2OC)nc2ccccc21. The lowest BCUT2D eigenvalue weighted by molar-refractivity contribution is 0.101. The molecular weight excluding hydrogens is 336 g/mol. The first-order valence-corrected chi connectivity index (χ1v) is 8.99. The van der Waals surface area contributed by atoms with Gasteiger partial charge in [-0.2, -0.15) is 0 Å². The van der Waals surface area contributed by atoms with Gasteiger partial charge in [-0.3, -0.25) is 4.79 Å². The molecule has 0 spiro atoms. The number of methoxy groups -OCH3 is 2. The Morgan fingerprint density at radius 1 is 1.16 bits per heavy atom. The number of Topliss-reactive ketones (excluding diaryl/α,β-unsaturated/α-hetero) is 1. The highest BCUT2D eigenvalue weighted by atomic mass is 32.2. The summed E-state index contributed by atoms with van der Waals surface area (Å²) in [5.74, 6) is 1.48. The van der Waals surface area contributed by atoms with Crippen LogP contribution in [-0.4, -0.2) is 35.3 Å². The standard InChI is InChI=1S/C19H20N2O3S/c1-4-21-16-8-6-5-7-15(16)20-19(21)25-12-17(22)14-10-9-13(23-2)11-18(14)24-3/h5-11H,4,12H2,1-3H3. The van der Waals surface area contributed by atoms with E-state index in [1.807, 2.05) is 24.3 Å². The van der Waals surface area contributed by atoms with Gasteiger partial charge in [0.2, 0.25) is 0 Å². The molecule has 130 valence electrons. The van der Waals surface area contributed by atoms with E-state index in [-0.39, 0.29) is 5.78 Å². The molecule has 0 saturated carbocycles. The smallest absolute Gasteiger partial charge is 0.176 e. The minimum Gasteiger partial charge on any atom is -0.497 e. The van der Waals surface area contributed by atoms with Gasteiger partial charge in [0.1, 0.15) is 11.5 Å². The van der Waals surface area contributed by atoms with E-state index in [1.165, 1.54) is 11.8 Å². The van der Waals surface area contributed by atoms with Gasteiger partial charge < -0.3 is 14.0 Å². The third kappa shape index (κ3) is 3.49. The van der Waals surface area contributed by atoms with Crippen LogP contribution < -0.4 is 9.47 Å². The summed E-state index contributed by atoms with van der Waals surface area (Å²) < 4.78 is 12.6. The first-order valence-electron chi connectivity index (χ1n) is 8.01. The average molecular weight is 356 g/mol. The topological polar surface area (TPSA) is 53.4 Å². The Morgan fingerprint density at radius 3 is 2.68 bits per heavy atom. The molecule has 0 aliphatic rings. The van der Waals surface area contributed by atoms with Crippen molar-refractivity contribution >= 4 is 28.6 Å². The van der Waals surface area contributed by atoms with Crippen LogP contribution in [0.3, 0.4) is 0 Å². The summed E-state index contributed by atoms with van der Waals surface area (Å²) in [6.07, 6.45) is 0. The minimum absolute atomic E-state index is 0.000729. The van der Waals surface area contributed by atoms with Crippen molar-refractivity contribution < 1.29 is 14.3 Å². The van der Waals surface area contributed by atoms with Crippen molar-refractivity contribution in [2.75, 3.05) is 20.0 Å². The van der Waals surface area contributed by atoms with Crippen molar-refractivity contribution in [2.45, 2.75) is 18.6 Å². The number of hydrogen-bond acceptors (Lipinski definition) is 5. The van der Waals surface area contributed by atoms with Gasteiger partial charge in [0.15, 0.2) is 10.9 Å². The number of carbonyl (C=O) groups excluding carboxylic acids is 1.